The number of benzene rings is 5. The lowest BCUT2D eigenvalue weighted by atomic mass is 9.89. The maximum absolute atomic E-state index is 4.79. The molecule has 2 heteroatoms. The molecule has 138 valence electrons. The van der Waals surface area contributed by atoms with Gasteiger partial charge in [-0.15, -0.1) is 0 Å². The Morgan fingerprint density at radius 2 is 1.30 bits per heavy atom. The summed E-state index contributed by atoms with van der Waals surface area (Å²) in [7, 11) is 0. The van der Waals surface area contributed by atoms with Gasteiger partial charge >= 0.3 is 0 Å². The average Bonchev–Trinajstić information content (AvgIpc) is 2.82. The van der Waals surface area contributed by atoms with Gasteiger partial charge in [-0.1, -0.05) is 60.7 Å². The van der Waals surface area contributed by atoms with Crippen molar-refractivity contribution in [3.05, 3.63) is 97.3 Å². The van der Waals surface area contributed by atoms with Gasteiger partial charge in [0.05, 0.1) is 11.0 Å². The highest BCUT2D eigenvalue weighted by molar-refractivity contribution is 6.26. The fourth-order valence-corrected chi connectivity index (χ4v) is 4.89. The summed E-state index contributed by atoms with van der Waals surface area (Å²) in [5.74, 6) is 0. The van der Waals surface area contributed by atoms with Crippen LogP contribution in [0.1, 0.15) is 0 Å². The third-order valence-corrected chi connectivity index (χ3v) is 6.25. The van der Waals surface area contributed by atoms with Gasteiger partial charge in [0, 0.05) is 28.7 Å². The Bertz CT molecular complexity index is 1750. The molecule has 0 fully saturated rings. The third-order valence-electron chi connectivity index (χ3n) is 6.25. The van der Waals surface area contributed by atoms with Crippen LogP contribution in [0.25, 0.3) is 65.3 Å². The predicted octanol–water partition coefficient (Wildman–Crippen LogP) is 7.35. The first-order valence-electron chi connectivity index (χ1n) is 10.2. The van der Waals surface area contributed by atoms with Gasteiger partial charge in [0.2, 0.25) is 0 Å². The minimum absolute atomic E-state index is 0.974. The predicted molar refractivity (Wildman–Crippen MR) is 126 cm³/mol. The maximum Gasteiger partial charge on any atom is 0.0796 e. The highest BCUT2D eigenvalue weighted by Crippen LogP contribution is 2.40. The van der Waals surface area contributed by atoms with Crippen LogP contribution in [0, 0.1) is 0 Å². The van der Waals surface area contributed by atoms with E-state index in [0.29, 0.717) is 0 Å². The van der Waals surface area contributed by atoms with E-state index in [1.165, 1.54) is 37.9 Å². The highest BCUT2D eigenvalue weighted by atomic mass is 14.7. The van der Waals surface area contributed by atoms with E-state index in [9.17, 15) is 0 Å². The lowest BCUT2D eigenvalue weighted by Crippen LogP contribution is -1.90. The van der Waals surface area contributed by atoms with Crippen LogP contribution >= 0.6 is 0 Å². The molecule has 7 rings (SSSR count). The van der Waals surface area contributed by atoms with Gasteiger partial charge < -0.3 is 0 Å². The third kappa shape index (κ3) is 2.08. The standard InChI is InChI=1S/C28H16N2/c1-4-17-9-10-18-5-2-8-22-23(14-20(6-1)26(17)27(18)22)21-15-24-25(30-16-21)12-11-19-7-3-13-29-28(19)24/h1-16H. The lowest BCUT2D eigenvalue weighted by molar-refractivity contribution is 1.39. The molecule has 0 saturated carbocycles. The smallest absolute Gasteiger partial charge is 0.0796 e. The number of hydrogen-bond acceptors (Lipinski definition) is 2. The Morgan fingerprint density at radius 1 is 0.533 bits per heavy atom. The molecular weight excluding hydrogens is 364 g/mol. The van der Waals surface area contributed by atoms with Gasteiger partial charge in [-0.3, -0.25) is 9.97 Å². The van der Waals surface area contributed by atoms with E-state index in [4.69, 9.17) is 4.98 Å². The normalized spacial score (nSPS) is 12.0. The Morgan fingerprint density at radius 3 is 2.23 bits per heavy atom. The van der Waals surface area contributed by atoms with E-state index in [2.05, 4.69) is 83.8 Å². The van der Waals surface area contributed by atoms with Gasteiger partial charge in [-0.05, 0) is 62.1 Å². The van der Waals surface area contributed by atoms with Crippen molar-refractivity contribution >= 4 is 54.1 Å². The number of rotatable bonds is 1. The van der Waals surface area contributed by atoms with Crippen LogP contribution in [0.15, 0.2) is 97.3 Å². The zero-order valence-electron chi connectivity index (χ0n) is 16.1. The number of aromatic nitrogens is 2. The first-order valence-corrected chi connectivity index (χ1v) is 10.2. The largest absolute Gasteiger partial charge is 0.256 e. The Kier molecular flexibility index (Phi) is 3.03. The van der Waals surface area contributed by atoms with E-state index in [0.717, 1.165) is 27.4 Å². The fourth-order valence-electron chi connectivity index (χ4n) is 4.89. The molecule has 5 aromatic carbocycles. The summed E-state index contributed by atoms with van der Waals surface area (Å²) in [5.41, 5.74) is 4.32. The summed E-state index contributed by atoms with van der Waals surface area (Å²) >= 11 is 0. The van der Waals surface area contributed by atoms with E-state index in [1.807, 2.05) is 18.5 Å². The SMILES string of the molecule is c1cnc2c(c1)ccc1ncc(-c3cc4cccc5ccc6cccc3c6c54)cc12. The quantitative estimate of drug-likeness (QED) is 0.278. The summed E-state index contributed by atoms with van der Waals surface area (Å²) in [6, 6.07) is 30.4. The second kappa shape index (κ2) is 5.74. The molecule has 0 atom stereocenters. The molecule has 2 nitrogen and oxygen atoms in total. The molecule has 0 N–H and O–H groups in total. The second-order valence-electron chi connectivity index (χ2n) is 7.90. The molecule has 0 unspecified atom stereocenters. The van der Waals surface area contributed by atoms with Crippen LogP contribution in [0.3, 0.4) is 0 Å². The van der Waals surface area contributed by atoms with Crippen molar-refractivity contribution in [2.75, 3.05) is 0 Å². The van der Waals surface area contributed by atoms with Crippen LogP contribution in [-0.2, 0) is 0 Å². The fraction of sp³-hybridized carbons (Fsp3) is 0. The van der Waals surface area contributed by atoms with Crippen LogP contribution < -0.4 is 0 Å². The average molecular weight is 380 g/mol. The van der Waals surface area contributed by atoms with Crippen molar-refractivity contribution in [1.82, 2.24) is 9.97 Å². The molecule has 0 aliphatic carbocycles. The van der Waals surface area contributed by atoms with Crippen LogP contribution in [0.5, 0.6) is 0 Å². The summed E-state index contributed by atoms with van der Waals surface area (Å²) in [6.07, 6.45) is 3.85. The summed E-state index contributed by atoms with van der Waals surface area (Å²) in [5, 5.41) is 10.0. The first-order chi connectivity index (χ1) is 14.9. The molecule has 2 aromatic heterocycles. The van der Waals surface area contributed by atoms with E-state index >= 15 is 0 Å². The van der Waals surface area contributed by atoms with Gasteiger partial charge in [0.25, 0.3) is 0 Å². The van der Waals surface area contributed by atoms with Gasteiger partial charge in [0.15, 0.2) is 0 Å². The monoisotopic (exact) mass is 380 g/mol. The topological polar surface area (TPSA) is 25.8 Å². The molecule has 2 heterocycles. The molecule has 0 radical (unpaired) electrons. The Hall–Kier alpha value is -4.04. The lowest BCUT2D eigenvalue weighted by Gasteiger charge is -2.15. The molecule has 0 spiro atoms. The zero-order valence-corrected chi connectivity index (χ0v) is 16.1. The van der Waals surface area contributed by atoms with Crippen molar-refractivity contribution in [2.45, 2.75) is 0 Å². The van der Waals surface area contributed by atoms with E-state index < -0.39 is 0 Å². The van der Waals surface area contributed by atoms with Crippen molar-refractivity contribution in [2.24, 2.45) is 0 Å². The maximum atomic E-state index is 4.79. The van der Waals surface area contributed by atoms with Gasteiger partial charge in [-0.25, -0.2) is 0 Å². The molecule has 0 bridgehead atoms. The van der Waals surface area contributed by atoms with Gasteiger partial charge in [-0.2, -0.15) is 0 Å². The molecule has 0 aliphatic rings. The summed E-state index contributed by atoms with van der Waals surface area (Å²) in [6.45, 7) is 0. The van der Waals surface area contributed by atoms with Gasteiger partial charge in [0.1, 0.15) is 0 Å². The summed E-state index contributed by atoms with van der Waals surface area (Å²) in [4.78, 5) is 9.44. The molecule has 0 saturated heterocycles. The number of fused-ring (bicyclic) bond motifs is 3. The van der Waals surface area contributed by atoms with Crippen molar-refractivity contribution in [1.29, 1.82) is 0 Å². The molecule has 30 heavy (non-hydrogen) atoms. The van der Waals surface area contributed by atoms with E-state index in [-0.39, 0.29) is 0 Å². The van der Waals surface area contributed by atoms with E-state index in [1.54, 1.807) is 0 Å². The minimum atomic E-state index is 0.974. The second-order valence-corrected chi connectivity index (χ2v) is 7.90. The first kappa shape index (κ1) is 15.8. The molecule has 7 aromatic rings. The van der Waals surface area contributed by atoms with Crippen LogP contribution in [0.4, 0.5) is 0 Å². The molecular formula is C28H16N2. The molecule has 0 amide bonds. The van der Waals surface area contributed by atoms with Crippen molar-refractivity contribution in [3.63, 3.8) is 0 Å². The summed E-state index contributed by atoms with van der Waals surface area (Å²) < 4.78 is 0. The Balaban J connectivity index is 1.63. The number of hydrogen-bond donors (Lipinski definition) is 0. The Labute approximate surface area is 172 Å². The minimum Gasteiger partial charge on any atom is -0.256 e. The zero-order chi connectivity index (χ0) is 19.7. The molecule has 0 aliphatic heterocycles. The van der Waals surface area contributed by atoms with Crippen LogP contribution in [0.2, 0.25) is 0 Å². The van der Waals surface area contributed by atoms with Crippen LogP contribution in [-0.4, -0.2) is 9.97 Å². The number of nitrogens with zero attached hydrogens (tertiary/aromatic N) is 2. The highest BCUT2D eigenvalue weighted by Gasteiger charge is 2.14. The number of pyridine rings is 2. The van der Waals surface area contributed by atoms with Crippen molar-refractivity contribution < 1.29 is 0 Å². The van der Waals surface area contributed by atoms with Crippen molar-refractivity contribution in [3.8, 4) is 11.1 Å².